The van der Waals surface area contributed by atoms with Crippen molar-refractivity contribution in [2.24, 2.45) is 5.92 Å². The van der Waals surface area contributed by atoms with E-state index in [1.807, 2.05) is 19.1 Å². The molecule has 0 radical (unpaired) electrons. The monoisotopic (exact) mass is 301 g/mol. The van der Waals surface area contributed by atoms with Gasteiger partial charge in [0.25, 0.3) is 5.69 Å². The van der Waals surface area contributed by atoms with Gasteiger partial charge in [-0.1, -0.05) is 0 Å². The first kappa shape index (κ1) is 14.7. The topological polar surface area (TPSA) is 79.5 Å². The van der Waals surface area contributed by atoms with Gasteiger partial charge >= 0.3 is 0 Å². The first-order valence-corrected chi connectivity index (χ1v) is 7.53. The highest BCUT2D eigenvalue weighted by Gasteiger charge is 2.24. The second kappa shape index (κ2) is 5.88. The largest absolute Gasteiger partial charge is 0.393 e. The SMILES string of the molecule is CC(O)C1CCCN(c2ccc3cc([N+](=O)[O-])ccc3n2)C1. The minimum atomic E-state index is -0.398. The molecule has 1 aliphatic heterocycles. The number of hydrogen-bond acceptors (Lipinski definition) is 5. The Morgan fingerprint density at radius 2 is 2.23 bits per heavy atom. The molecular formula is C16H19N3O3. The van der Waals surface area contributed by atoms with Crippen LogP contribution in [0.3, 0.4) is 0 Å². The highest BCUT2D eigenvalue weighted by molar-refractivity contribution is 5.82. The molecule has 6 heteroatoms. The zero-order valence-corrected chi connectivity index (χ0v) is 12.5. The average Bonchev–Trinajstić information content (AvgIpc) is 2.53. The van der Waals surface area contributed by atoms with Crippen molar-refractivity contribution in [1.82, 2.24) is 4.98 Å². The van der Waals surface area contributed by atoms with Gasteiger partial charge in [0.05, 0.1) is 16.5 Å². The maximum absolute atomic E-state index is 10.8. The van der Waals surface area contributed by atoms with Gasteiger partial charge in [0.1, 0.15) is 5.82 Å². The Morgan fingerprint density at radius 3 is 2.95 bits per heavy atom. The fraction of sp³-hybridized carbons (Fsp3) is 0.438. The highest BCUT2D eigenvalue weighted by atomic mass is 16.6. The Bertz CT molecular complexity index is 702. The summed E-state index contributed by atoms with van der Waals surface area (Å²) in [5.41, 5.74) is 0.830. The Kier molecular flexibility index (Phi) is 3.94. The average molecular weight is 301 g/mol. The molecule has 22 heavy (non-hydrogen) atoms. The van der Waals surface area contributed by atoms with Gasteiger partial charge in [-0.05, 0) is 38.0 Å². The first-order valence-electron chi connectivity index (χ1n) is 7.53. The number of hydrogen-bond donors (Lipinski definition) is 1. The summed E-state index contributed by atoms with van der Waals surface area (Å²) in [6, 6.07) is 8.48. The van der Waals surface area contributed by atoms with Gasteiger partial charge in [-0.25, -0.2) is 4.98 Å². The maximum atomic E-state index is 10.8. The fourth-order valence-electron chi connectivity index (χ4n) is 3.00. The summed E-state index contributed by atoms with van der Waals surface area (Å²) in [6.07, 6.45) is 1.76. The van der Waals surface area contributed by atoms with Gasteiger partial charge in [-0.15, -0.1) is 0 Å². The molecule has 2 aromatic rings. The highest BCUT2D eigenvalue weighted by Crippen LogP contribution is 2.26. The summed E-state index contributed by atoms with van der Waals surface area (Å²) >= 11 is 0. The maximum Gasteiger partial charge on any atom is 0.270 e. The summed E-state index contributed by atoms with van der Waals surface area (Å²) in [6.45, 7) is 3.55. The molecule has 3 rings (SSSR count). The molecule has 1 saturated heterocycles. The van der Waals surface area contributed by atoms with Crippen LogP contribution in [0.25, 0.3) is 10.9 Å². The first-order chi connectivity index (χ1) is 10.5. The molecule has 1 N–H and O–H groups in total. The second-order valence-corrected chi connectivity index (χ2v) is 5.89. The van der Waals surface area contributed by atoms with Crippen LogP contribution in [-0.4, -0.2) is 34.2 Å². The Hall–Kier alpha value is -2.21. The lowest BCUT2D eigenvalue weighted by Gasteiger charge is -2.35. The molecule has 0 spiro atoms. The van der Waals surface area contributed by atoms with Gasteiger partial charge < -0.3 is 10.0 Å². The van der Waals surface area contributed by atoms with Gasteiger partial charge in [-0.3, -0.25) is 10.1 Å². The number of fused-ring (bicyclic) bond motifs is 1. The summed E-state index contributed by atoms with van der Waals surface area (Å²) in [5.74, 6) is 1.13. The summed E-state index contributed by atoms with van der Waals surface area (Å²) < 4.78 is 0. The van der Waals surface area contributed by atoms with Gasteiger partial charge in [0, 0.05) is 36.5 Å². The van der Waals surface area contributed by atoms with E-state index in [9.17, 15) is 15.2 Å². The molecule has 1 aromatic heterocycles. The number of piperidine rings is 1. The molecule has 1 aliphatic rings. The van der Waals surface area contributed by atoms with Gasteiger partial charge in [0.2, 0.25) is 0 Å². The number of nitro benzene ring substituents is 1. The van der Waals surface area contributed by atoms with E-state index in [4.69, 9.17) is 0 Å². The van der Waals surface area contributed by atoms with Crippen LogP contribution in [0, 0.1) is 16.0 Å². The number of aliphatic hydroxyl groups is 1. The predicted octanol–water partition coefficient (Wildman–Crippen LogP) is 2.74. The van der Waals surface area contributed by atoms with Crippen molar-refractivity contribution in [2.45, 2.75) is 25.9 Å². The van der Waals surface area contributed by atoms with Crippen molar-refractivity contribution < 1.29 is 10.0 Å². The number of rotatable bonds is 3. The van der Waals surface area contributed by atoms with Gasteiger partial charge in [0.15, 0.2) is 0 Å². The molecule has 0 amide bonds. The Morgan fingerprint density at radius 1 is 1.41 bits per heavy atom. The molecular weight excluding hydrogens is 282 g/mol. The van der Waals surface area contributed by atoms with E-state index in [0.29, 0.717) is 0 Å². The van der Waals surface area contributed by atoms with Crippen molar-refractivity contribution in [3.05, 3.63) is 40.4 Å². The number of non-ortho nitro benzene ring substituents is 1. The minimum Gasteiger partial charge on any atom is -0.393 e. The lowest BCUT2D eigenvalue weighted by molar-refractivity contribution is -0.384. The molecule has 0 aliphatic carbocycles. The number of aliphatic hydroxyl groups excluding tert-OH is 1. The van der Waals surface area contributed by atoms with Crippen LogP contribution < -0.4 is 4.90 Å². The molecule has 1 fully saturated rings. The van der Waals surface area contributed by atoms with Crippen LogP contribution in [0.4, 0.5) is 11.5 Å². The normalized spacial score (nSPS) is 20.1. The van der Waals surface area contributed by atoms with E-state index in [-0.39, 0.29) is 17.7 Å². The molecule has 2 atom stereocenters. The number of aromatic nitrogens is 1. The summed E-state index contributed by atoms with van der Waals surface area (Å²) in [4.78, 5) is 17.2. The van der Waals surface area contributed by atoms with Crippen LogP contribution in [-0.2, 0) is 0 Å². The van der Waals surface area contributed by atoms with Crippen LogP contribution in [0.15, 0.2) is 30.3 Å². The summed E-state index contributed by atoms with van der Waals surface area (Å²) in [5, 5.41) is 21.4. The fourth-order valence-corrected chi connectivity index (χ4v) is 3.00. The number of anilines is 1. The molecule has 6 nitrogen and oxygen atoms in total. The second-order valence-electron chi connectivity index (χ2n) is 5.89. The number of pyridine rings is 1. The smallest absolute Gasteiger partial charge is 0.270 e. The number of nitro groups is 1. The molecule has 2 unspecified atom stereocenters. The van der Waals surface area contributed by atoms with Gasteiger partial charge in [-0.2, -0.15) is 0 Å². The lowest BCUT2D eigenvalue weighted by atomic mass is 9.93. The van der Waals surface area contributed by atoms with E-state index in [2.05, 4.69) is 9.88 Å². The Labute approximate surface area is 128 Å². The predicted molar refractivity (Wildman–Crippen MR) is 85.0 cm³/mol. The molecule has 116 valence electrons. The summed E-state index contributed by atoms with van der Waals surface area (Å²) in [7, 11) is 0. The van der Waals surface area contributed by atoms with E-state index < -0.39 is 4.92 Å². The van der Waals surface area contributed by atoms with E-state index in [0.717, 1.165) is 42.7 Å². The Balaban J connectivity index is 1.88. The van der Waals surface area contributed by atoms with E-state index in [1.54, 1.807) is 12.1 Å². The van der Waals surface area contributed by atoms with Crippen LogP contribution >= 0.6 is 0 Å². The van der Waals surface area contributed by atoms with Crippen molar-refractivity contribution in [1.29, 1.82) is 0 Å². The standard InChI is InChI=1S/C16H19N3O3/c1-11(20)13-3-2-8-18(10-13)16-7-4-12-9-14(19(21)22)5-6-15(12)17-16/h4-7,9,11,13,20H,2-3,8,10H2,1H3. The van der Waals surface area contributed by atoms with Crippen molar-refractivity contribution in [3.8, 4) is 0 Å². The third-order valence-electron chi connectivity index (χ3n) is 4.33. The quantitative estimate of drug-likeness (QED) is 0.696. The molecule has 1 aromatic carbocycles. The molecule has 0 bridgehead atoms. The van der Waals surface area contributed by atoms with E-state index in [1.165, 1.54) is 6.07 Å². The van der Waals surface area contributed by atoms with Crippen molar-refractivity contribution in [2.75, 3.05) is 18.0 Å². The van der Waals surface area contributed by atoms with E-state index >= 15 is 0 Å². The zero-order chi connectivity index (χ0) is 15.7. The van der Waals surface area contributed by atoms with Crippen LogP contribution in [0.5, 0.6) is 0 Å². The minimum absolute atomic E-state index is 0.0780. The number of benzene rings is 1. The van der Waals surface area contributed by atoms with Crippen molar-refractivity contribution >= 4 is 22.4 Å². The molecule has 0 saturated carbocycles. The third-order valence-corrected chi connectivity index (χ3v) is 4.33. The molecule has 2 heterocycles. The third kappa shape index (κ3) is 2.87. The van der Waals surface area contributed by atoms with Crippen molar-refractivity contribution in [3.63, 3.8) is 0 Å². The zero-order valence-electron chi connectivity index (χ0n) is 12.5. The van der Waals surface area contributed by atoms with Crippen LogP contribution in [0.2, 0.25) is 0 Å². The lowest BCUT2D eigenvalue weighted by Crippen LogP contribution is -2.39. The number of nitrogens with zero attached hydrogens (tertiary/aromatic N) is 3. The van der Waals surface area contributed by atoms with Crippen LogP contribution in [0.1, 0.15) is 19.8 Å².